The van der Waals surface area contributed by atoms with E-state index >= 15 is 0 Å². The first kappa shape index (κ1) is 68.0. The Hall–Kier alpha value is -7.06. The Morgan fingerprint density at radius 2 is 1.19 bits per heavy atom. The van der Waals surface area contributed by atoms with Crippen molar-refractivity contribution in [1.29, 1.82) is 0 Å². The van der Waals surface area contributed by atoms with Crippen molar-refractivity contribution in [2.75, 3.05) is 13.1 Å². The maximum absolute atomic E-state index is 14.6. The van der Waals surface area contributed by atoms with Crippen molar-refractivity contribution in [3.8, 4) is 0 Å². The number of nitrogens with zero attached hydrogens (tertiary/aromatic N) is 2. The molecule has 0 radical (unpaired) electrons. The summed E-state index contributed by atoms with van der Waals surface area (Å²) in [5.74, 6) is -8.69. The molecule has 0 bridgehead atoms. The highest BCUT2D eigenvalue weighted by atomic mass is 16.2. The van der Waals surface area contributed by atoms with Crippen molar-refractivity contribution in [2.45, 2.75) is 194 Å². The van der Waals surface area contributed by atoms with Crippen molar-refractivity contribution >= 4 is 71.0 Å². The summed E-state index contributed by atoms with van der Waals surface area (Å²) in [5.41, 5.74) is 38.3. The van der Waals surface area contributed by atoms with Gasteiger partial charge in [0, 0.05) is 19.5 Å². The van der Waals surface area contributed by atoms with E-state index in [0.717, 1.165) is 0 Å². The first-order valence-corrected chi connectivity index (χ1v) is 26.4. The maximum Gasteiger partial charge on any atom is 0.243 e. The molecular formula is C50H91N17O10. The van der Waals surface area contributed by atoms with E-state index in [1.807, 2.05) is 41.5 Å². The van der Waals surface area contributed by atoms with E-state index in [0.29, 0.717) is 12.8 Å². The van der Waals surface area contributed by atoms with Crippen LogP contribution in [0.4, 0.5) is 0 Å². The molecule has 22 N–H and O–H groups in total. The SMILES string of the molecule is CC[C@H](C)[C@@H]1NC(=O)[C@H](NC(=O)[C@@H](N)CCCN=C(N)N)C/C=C\C[C@@H](C(=O)N[C@@H](CCCN=C(N)N)C(=O)NC(CC(C)(C)C)C(=O)N[C@@H](CC(C)C)C(=O)N[C@@H](CCC(N)=O)C(N)=O)NC(=O)[C@H](CC(C)C)NC1=O. The Morgan fingerprint density at radius 3 is 1.73 bits per heavy atom. The first-order valence-electron chi connectivity index (χ1n) is 26.4. The van der Waals surface area contributed by atoms with Gasteiger partial charge in [0.1, 0.15) is 48.3 Å². The number of hydrogen-bond acceptors (Lipinski definition) is 13. The van der Waals surface area contributed by atoms with E-state index in [1.165, 1.54) is 12.2 Å². The second-order valence-corrected chi connectivity index (χ2v) is 21.7. The fourth-order valence-electron chi connectivity index (χ4n) is 8.01. The molecule has 436 valence electrons. The molecule has 10 atom stereocenters. The van der Waals surface area contributed by atoms with Gasteiger partial charge in [-0.3, -0.25) is 57.9 Å². The standard InChI is InChI=1S/C50H91N17O10/c1-10-28(6)38-47(77)65-35(24-27(4)5)45(75)63-31(16-11-12-17-32(43(73)67-38)61-40(70)29(51)15-13-21-58-48(54)55)41(71)62-33(18-14-22-59-49(56)57)42(72)66-36(25-50(7,8)9)46(76)64-34(23-26(2)3)44(74)60-30(39(53)69)19-20-37(52)68/h11-12,26-36,38H,10,13-25,51H2,1-9H3,(H2,52,68)(H2,53,69)(H,60,74)(H,61,70)(H,62,71)(H,63,75)(H,64,76)(H,65,77)(H,66,72)(H,67,73)(H4,54,55,58)(H4,56,57,59)/b12-11-/t28-,29-,30-,31-,32+,33-,34-,35-,36?,38-/m0/s1. The van der Waals surface area contributed by atoms with Crippen molar-refractivity contribution in [3.05, 3.63) is 12.2 Å². The van der Waals surface area contributed by atoms with Crippen molar-refractivity contribution in [1.82, 2.24) is 42.5 Å². The highest BCUT2D eigenvalue weighted by Gasteiger charge is 2.37. The number of nitrogens with two attached hydrogens (primary N) is 7. The predicted molar refractivity (Wildman–Crippen MR) is 292 cm³/mol. The zero-order chi connectivity index (χ0) is 58.7. The number of hydrogen-bond donors (Lipinski definition) is 15. The summed E-state index contributed by atoms with van der Waals surface area (Å²) >= 11 is 0. The Labute approximate surface area is 452 Å². The Kier molecular flexibility index (Phi) is 29.9. The van der Waals surface area contributed by atoms with Crippen LogP contribution in [0.15, 0.2) is 22.1 Å². The van der Waals surface area contributed by atoms with Gasteiger partial charge in [-0.15, -0.1) is 0 Å². The molecule has 1 rings (SSSR count). The van der Waals surface area contributed by atoms with E-state index in [4.69, 9.17) is 40.1 Å². The number of rotatable bonds is 29. The summed E-state index contributed by atoms with van der Waals surface area (Å²) in [6, 6.07) is -11.2. The second kappa shape index (κ2) is 33.9. The first-order chi connectivity index (χ1) is 35.8. The summed E-state index contributed by atoms with van der Waals surface area (Å²) in [6.07, 6.45) is 3.56. The normalized spacial score (nSPS) is 20.1. The Morgan fingerprint density at radius 1 is 0.649 bits per heavy atom. The molecule has 0 spiro atoms. The zero-order valence-corrected chi connectivity index (χ0v) is 46.5. The van der Waals surface area contributed by atoms with E-state index in [-0.39, 0.29) is 101 Å². The fraction of sp³-hybridized carbons (Fsp3) is 0.720. The summed E-state index contributed by atoms with van der Waals surface area (Å²) in [4.78, 5) is 144. The van der Waals surface area contributed by atoms with Gasteiger partial charge >= 0.3 is 0 Å². The van der Waals surface area contributed by atoms with Gasteiger partial charge in [-0.2, -0.15) is 0 Å². The molecule has 10 amide bonds. The van der Waals surface area contributed by atoms with Gasteiger partial charge in [-0.25, -0.2) is 0 Å². The van der Waals surface area contributed by atoms with Crippen molar-refractivity contribution in [3.63, 3.8) is 0 Å². The maximum atomic E-state index is 14.6. The summed E-state index contributed by atoms with van der Waals surface area (Å²) in [7, 11) is 0. The van der Waals surface area contributed by atoms with Crippen molar-refractivity contribution < 1.29 is 47.9 Å². The highest BCUT2D eigenvalue weighted by Crippen LogP contribution is 2.22. The molecule has 0 saturated heterocycles. The Bertz CT molecular complexity index is 2100. The molecule has 0 aromatic heterocycles. The minimum Gasteiger partial charge on any atom is -0.370 e. The molecule has 0 aromatic carbocycles. The lowest BCUT2D eigenvalue weighted by Gasteiger charge is -2.31. The molecule has 1 unspecified atom stereocenters. The number of carbonyl (C=O) groups is 10. The van der Waals surface area contributed by atoms with E-state index in [9.17, 15) is 47.9 Å². The predicted octanol–water partition coefficient (Wildman–Crippen LogP) is -3.03. The lowest BCUT2D eigenvalue weighted by molar-refractivity contribution is -0.136. The molecular weight excluding hydrogens is 999 g/mol. The molecule has 77 heavy (non-hydrogen) atoms. The molecule has 0 saturated carbocycles. The summed E-state index contributed by atoms with van der Waals surface area (Å²) < 4.78 is 0. The van der Waals surface area contributed by atoms with Crippen LogP contribution in [-0.2, 0) is 47.9 Å². The largest absolute Gasteiger partial charge is 0.370 e. The van der Waals surface area contributed by atoms with E-state index in [1.54, 1.807) is 20.8 Å². The average molecular weight is 1090 g/mol. The lowest BCUT2D eigenvalue weighted by Crippen LogP contribution is -2.61. The molecule has 0 aliphatic carbocycles. The molecule has 1 aliphatic rings. The topological polar surface area (TPSA) is 474 Å². The third kappa shape index (κ3) is 27.5. The molecule has 1 heterocycles. The van der Waals surface area contributed by atoms with Gasteiger partial charge in [0.25, 0.3) is 0 Å². The molecule has 0 fully saturated rings. The van der Waals surface area contributed by atoms with E-state index in [2.05, 4.69) is 52.5 Å². The monoisotopic (exact) mass is 1090 g/mol. The van der Waals surface area contributed by atoms with Crippen molar-refractivity contribution in [2.24, 2.45) is 73.3 Å². The minimum atomic E-state index is -1.40. The fourth-order valence-corrected chi connectivity index (χ4v) is 8.01. The van der Waals surface area contributed by atoms with Crippen LogP contribution in [0, 0.1) is 23.2 Å². The smallest absolute Gasteiger partial charge is 0.243 e. The van der Waals surface area contributed by atoms with Gasteiger partial charge in [0.2, 0.25) is 59.1 Å². The minimum absolute atomic E-state index is 0.0347. The van der Waals surface area contributed by atoms with Crippen LogP contribution in [0.1, 0.15) is 139 Å². The van der Waals surface area contributed by atoms with Crippen LogP contribution in [0.5, 0.6) is 0 Å². The number of aliphatic imine (C=N–C) groups is 2. The van der Waals surface area contributed by atoms with Crippen LogP contribution in [0.2, 0.25) is 0 Å². The number of nitrogens with one attached hydrogen (secondary N) is 8. The third-order valence-electron chi connectivity index (χ3n) is 12.3. The summed E-state index contributed by atoms with van der Waals surface area (Å²) in [5, 5.41) is 21.6. The second-order valence-electron chi connectivity index (χ2n) is 21.7. The number of primary amides is 2. The number of amides is 10. The van der Waals surface area contributed by atoms with Gasteiger partial charge in [0.05, 0.1) is 6.04 Å². The number of guanidine groups is 2. The molecule has 27 nitrogen and oxygen atoms in total. The lowest BCUT2D eigenvalue weighted by atomic mass is 9.87. The van der Waals surface area contributed by atoms with Gasteiger partial charge in [-0.05, 0) is 87.4 Å². The van der Waals surface area contributed by atoms with E-state index < -0.39 is 125 Å². The van der Waals surface area contributed by atoms with Crippen LogP contribution < -0.4 is 82.7 Å². The molecule has 1 aliphatic heterocycles. The molecule has 0 aromatic rings. The van der Waals surface area contributed by atoms with Crippen LogP contribution in [0.3, 0.4) is 0 Å². The third-order valence-corrected chi connectivity index (χ3v) is 12.3. The van der Waals surface area contributed by atoms with Gasteiger partial charge in [0.15, 0.2) is 11.9 Å². The quantitative estimate of drug-likeness (QED) is 0.0153. The zero-order valence-electron chi connectivity index (χ0n) is 46.5. The van der Waals surface area contributed by atoms with Gasteiger partial charge in [-0.1, -0.05) is 80.9 Å². The van der Waals surface area contributed by atoms with Crippen LogP contribution in [-0.4, -0.2) is 138 Å². The molecule has 27 heteroatoms. The van der Waals surface area contributed by atoms with Crippen LogP contribution >= 0.6 is 0 Å². The van der Waals surface area contributed by atoms with Crippen LogP contribution in [0.25, 0.3) is 0 Å². The number of carbonyl (C=O) groups excluding carboxylic acids is 10. The Balaban J connectivity index is 3.80. The van der Waals surface area contributed by atoms with Gasteiger partial charge < -0.3 is 82.7 Å². The summed E-state index contributed by atoms with van der Waals surface area (Å²) in [6.45, 7) is 16.6. The highest BCUT2D eigenvalue weighted by molar-refractivity contribution is 5.98. The average Bonchev–Trinajstić information content (AvgIpc) is 3.31.